The fourth-order valence-electron chi connectivity index (χ4n) is 1.79. The molecule has 0 aliphatic carbocycles. The SMILES string of the molecule is CCn1c(C(=O)O)cc2cc(Cl)c(O)cc21. The molecule has 1 aromatic heterocycles. The molecule has 0 saturated carbocycles. The second kappa shape index (κ2) is 3.72. The molecule has 4 nitrogen and oxygen atoms in total. The van der Waals surface area contributed by atoms with Crippen LogP contribution in [0.4, 0.5) is 0 Å². The van der Waals surface area contributed by atoms with Crippen LogP contribution in [-0.4, -0.2) is 20.7 Å². The summed E-state index contributed by atoms with van der Waals surface area (Å²) in [6, 6.07) is 4.59. The summed E-state index contributed by atoms with van der Waals surface area (Å²) in [6.45, 7) is 2.36. The first-order valence-corrected chi connectivity index (χ1v) is 5.17. The third-order valence-corrected chi connectivity index (χ3v) is 2.81. The van der Waals surface area contributed by atoms with Crippen molar-refractivity contribution in [3.8, 4) is 5.75 Å². The molecule has 2 N–H and O–H groups in total. The smallest absolute Gasteiger partial charge is 0.352 e. The van der Waals surface area contributed by atoms with E-state index in [1.54, 1.807) is 16.7 Å². The van der Waals surface area contributed by atoms with Gasteiger partial charge in [-0.3, -0.25) is 0 Å². The van der Waals surface area contributed by atoms with Crippen LogP contribution >= 0.6 is 11.6 Å². The van der Waals surface area contributed by atoms with Crippen LogP contribution in [0, 0.1) is 0 Å². The van der Waals surface area contributed by atoms with Crippen LogP contribution in [0.15, 0.2) is 18.2 Å². The fourth-order valence-corrected chi connectivity index (χ4v) is 1.96. The van der Waals surface area contributed by atoms with Gasteiger partial charge in [0.1, 0.15) is 11.4 Å². The Morgan fingerprint density at radius 2 is 2.12 bits per heavy atom. The summed E-state index contributed by atoms with van der Waals surface area (Å²) in [5, 5.41) is 19.4. The number of phenolic OH excluding ortho intramolecular Hbond substituents is 1. The lowest BCUT2D eigenvalue weighted by molar-refractivity contribution is 0.0686. The van der Waals surface area contributed by atoms with Gasteiger partial charge in [0.2, 0.25) is 0 Å². The molecular weight excluding hydrogens is 230 g/mol. The van der Waals surface area contributed by atoms with Crippen LogP contribution < -0.4 is 0 Å². The summed E-state index contributed by atoms with van der Waals surface area (Å²) >= 11 is 5.77. The Morgan fingerprint density at radius 3 is 2.69 bits per heavy atom. The van der Waals surface area contributed by atoms with Gasteiger partial charge >= 0.3 is 5.97 Å². The van der Waals surface area contributed by atoms with Gasteiger partial charge in [0.15, 0.2) is 0 Å². The highest BCUT2D eigenvalue weighted by Crippen LogP contribution is 2.31. The van der Waals surface area contributed by atoms with Crippen molar-refractivity contribution in [1.82, 2.24) is 4.57 Å². The van der Waals surface area contributed by atoms with Gasteiger partial charge in [-0.25, -0.2) is 4.79 Å². The Labute approximate surface area is 96.7 Å². The van der Waals surface area contributed by atoms with Crippen LogP contribution in [0.25, 0.3) is 10.9 Å². The van der Waals surface area contributed by atoms with Gasteiger partial charge in [0.05, 0.1) is 10.5 Å². The van der Waals surface area contributed by atoms with E-state index in [0.29, 0.717) is 17.4 Å². The minimum Gasteiger partial charge on any atom is -0.506 e. The lowest BCUT2D eigenvalue weighted by Crippen LogP contribution is -2.06. The lowest BCUT2D eigenvalue weighted by atomic mass is 10.2. The molecule has 0 radical (unpaired) electrons. The zero-order valence-electron chi connectivity index (χ0n) is 8.57. The Balaban J connectivity index is 2.82. The number of carbonyl (C=O) groups is 1. The standard InChI is InChI=1S/C11H10ClNO3/c1-2-13-8-5-10(14)7(12)3-6(8)4-9(13)11(15)16/h3-5,14H,2H2,1H3,(H,15,16). The van der Waals surface area contributed by atoms with Gasteiger partial charge < -0.3 is 14.8 Å². The number of aromatic nitrogens is 1. The number of aromatic hydroxyl groups is 1. The third kappa shape index (κ3) is 1.51. The van der Waals surface area contributed by atoms with E-state index in [4.69, 9.17) is 16.7 Å². The molecule has 1 heterocycles. The maximum atomic E-state index is 11.0. The van der Waals surface area contributed by atoms with Gasteiger partial charge in [-0.05, 0) is 19.1 Å². The van der Waals surface area contributed by atoms with Crippen LogP contribution in [0.3, 0.4) is 0 Å². The van der Waals surface area contributed by atoms with Crippen LogP contribution in [0.1, 0.15) is 17.4 Å². The minimum atomic E-state index is -0.992. The third-order valence-electron chi connectivity index (χ3n) is 2.51. The summed E-state index contributed by atoms with van der Waals surface area (Å²) in [5.41, 5.74) is 0.862. The topological polar surface area (TPSA) is 62.5 Å². The normalized spacial score (nSPS) is 10.9. The number of benzene rings is 1. The molecule has 0 amide bonds. The first-order chi connectivity index (χ1) is 7.54. The van der Waals surface area contributed by atoms with E-state index in [9.17, 15) is 9.90 Å². The van der Waals surface area contributed by atoms with Gasteiger partial charge in [-0.2, -0.15) is 0 Å². The Morgan fingerprint density at radius 1 is 1.44 bits per heavy atom. The Kier molecular flexibility index (Phi) is 2.52. The van der Waals surface area contributed by atoms with E-state index in [0.717, 1.165) is 0 Å². The number of phenols is 1. The number of aryl methyl sites for hydroxylation is 1. The van der Waals surface area contributed by atoms with E-state index in [-0.39, 0.29) is 16.5 Å². The first-order valence-electron chi connectivity index (χ1n) is 4.79. The highest BCUT2D eigenvalue weighted by atomic mass is 35.5. The molecule has 0 saturated heterocycles. The average molecular weight is 240 g/mol. The Bertz CT molecular complexity index is 574. The zero-order chi connectivity index (χ0) is 11.9. The molecule has 0 aliphatic rings. The highest BCUT2D eigenvalue weighted by molar-refractivity contribution is 6.32. The van der Waals surface area contributed by atoms with Crippen molar-refractivity contribution in [3.05, 3.63) is 28.9 Å². The molecule has 5 heteroatoms. The van der Waals surface area contributed by atoms with E-state index < -0.39 is 5.97 Å². The first kappa shape index (κ1) is 10.8. The summed E-state index contributed by atoms with van der Waals surface area (Å²) in [6.07, 6.45) is 0. The van der Waals surface area contributed by atoms with Gasteiger partial charge in [0.25, 0.3) is 0 Å². The lowest BCUT2D eigenvalue weighted by Gasteiger charge is -2.04. The minimum absolute atomic E-state index is 0.0427. The Hall–Kier alpha value is -1.68. The number of carboxylic acid groups (broad SMARTS) is 1. The van der Waals surface area contributed by atoms with E-state index >= 15 is 0 Å². The zero-order valence-corrected chi connectivity index (χ0v) is 9.32. The molecule has 2 aromatic rings. The number of aromatic carboxylic acids is 1. The largest absolute Gasteiger partial charge is 0.506 e. The molecule has 1 aromatic carbocycles. The van der Waals surface area contributed by atoms with E-state index in [1.807, 2.05) is 6.92 Å². The summed E-state index contributed by atoms with van der Waals surface area (Å²) in [7, 11) is 0. The van der Waals surface area contributed by atoms with Crippen LogP contribution in [0.2, 0.25) is 5.02 Å². The quantitative estimate of drug-likeness (QED) is 0.847. The number of halogens is 1. The van der Waals surface area contributed by atoms with Crippen molar-refractivity contribution in [2.24, 2.45) is 0 Å². The van der Waals surface area contributed by atoms with Crippen molar-refractivity contribution in [2.75, 3.05) is 0 Å². The van der Waals surface area contributed by atoms with Crippen LogP contribution in [-0.2, 0) is 6.54 Å². The molecular formula is C11H10ClNO3. The second-order valence-corrected chi connectivity index (χ2v) is 3.85. The van der Waals surface area contributed by atoms with Crippen molar-refractivity contribution < 1.29 is 15.0 Å². The van der Waals surface area contributed by atoms with Crippen molar-refractivity contribution >= 4 is 28.5 Å². The fraction of sp³-hybridized carbons (Fsp3) is 0.182. The number of fused-ring (bicyclic) bond motifs is 1. The molecule has 0 bridgehead atoms. The summed E-state index contributed by atoms with van der Waals surface area (Å²) < 4.78 is 1.62. The summed E-state index contributed by atoms with van der Waals surface area (Å²) in [4.78, 5) is 11.0. The summed E-state index contributed by atoms with van der Waals surface area (Å²) in [5.74, 6) is -1.03. The number of nitrogens with zero attached hydrogens (tertiary/aromatic N) is 1. The molecule has 0 unspecified atom stereocenters. The monoisotopic (exact) mass is 239 g/mol. The molecule has 0 aliphatic heterocycles. The van der Waals surface area contributed by atoms with Crippen molar-refractivity contribution in [1.29, 1.82) is 0 Å². The number of hydrogen-bond acceptors (Lipinski definition) is 2. The highest BCUT2D eigenvalue weighted by Gasteiger charge is 2.14. The van der Waals surface area contributed by atoms with Crippen LogP contribution in [0.5, 0.6) is 5.75 Å². The van der Waals surface area contributed by atoms with Gasteiger partial charge in [0, 0.05) is 18.0 Å². The number of carboxylic acids is 1. The predicted molar refractivity (Wildman–Crippen MR) is 61.2 cm³/mol. The average Bonchev–Trinajstić information content (AvgIpc) is 2.57. The van der Waals surface area contributed by atoms with Gasteiger partial charge in [-0.1, -0.05) is 11.6 Å². The molecule has 16 heavy (non-hydrogen) atoms. The van der Waals surface area contributed by atoms with Crippen molar-refractivity contribution in [3.63, 3.8) is 0 Å². The predicted octanol–water partition coefficient (Wildman–Crippen LogP) is 2.72. The molecule has 0 fully saturated rings. The molecule has 2 rings (SSSR count). The second-order valence-electron chi connectivity index (χ2n) is 3.44. The van der Waals surface area contributed by atoms with Crippen molar-refractivity contribution in [2.45, 2.75) is 13.5 Å². The molecule has 84 valence electrons. The number of rotatable bonds is 2. The van der Waals surface area contributed by atoms with E-state index in [2.05, 4.69) is 0 Å². The molecule has 0 atom stereocenters. The number of hydrogen-bond donors (Lipinski definition) is 2. The molecule has 0 spiro atoms. The van der Waals surface area contributed by atoms with Gasteiger partial charge in [-0.15, -0.1) is 0 Å². The maximum absolute atomic E-state index is 11.0. The van der Waals surface area contributed by atoms with E-state index in [1.165, 1.54) is 6.07 Å². The maximum Gasteiger partial charge on any atom is 0.352 e.